The number of carboxylic acid groups (broad SMARTS) is 1. The number of carboxylic acids is 1. The van der Waals surface area contributed by atoms with Gasteiger partial charge in [-0.25, -0.2) is 0 Å². The molecule has 128 valence electrons. The Morgan fingerprint density at radius 3 is 2.58 bits per heavy atom. The number of rotatable bonds is 9. The summed E-state index contributed by atoms with van der Waals surface area (Å²) in [5.41, 5.74) is 1.72. The Bertz CT molecular complexity index is 655. The Kier molecular flexibility index (Phi) is 7.32. The molecular formula is C20H23BrO3. The monoisotopic (exact) mass is 390 g/mol. The van der Waals surface area contributed by atoms with E-state index in [0.29, 0.717) is 13.0 Å². The minimum Gasteiger partial charge on any atom is -0.493 e. The predicted molar refractivity (Wildman–Crippen MR) is 99.7 cm³/mol. The van der Waals surface area contributed by atoms with Gasteiger partial charge in [0.15, 0.2) is 0 Å². The minimum atomic E-state index is -0.821. The first-order valence-electron chi connectivity index (χ1n) is 8.30. The summed E-state index contributed by atoms with van der Waals surface area (Å²) >= 11 is 3.47. The van der Waals surface area contributed by atoms with E-state index >= 15 is 0 Å². The van der Waals surface area contributed by atoms with Crippen LogP contribution in [0.3, 0.4) is 0 Å². The van der Waals surface area contributed by atoms with Gasteiger partial charge in [0.1, 0.15) is 5.75 Å². The second-order valence-electron chi connectivity index (χ2n) is 5.81. The zero-order valence-corrected chi connectivity index (χ0v) is 15.5. The number of unbranched alkanes of at least 4 members (excludes halogenated alkanes) is 2. The number of halogens is 1. The lowest BCUT2D eigenvalue weighted by atomic mass is 9.92. The molecule has 0 radical (unpaired) electrons. The number of ether oxygens (including phenoxy) is 1. The first-order valence-corrected chi connectivity index (χ1v) is 9.10. The summed E-state index contributed by atoms with van der Waals surface area (Å²) in [5.74, 6) is -0.631. The van der Waals surface area contributed by atoms with Crippen LogP contribution in [0.4, 0.5) is 0 Å². The molecule has 2 aromatic rings. The fourth-order valence-corrected chi connectivity index (χ4v) is 3.04. The lowest BCUT2D eigenvalue weighted by Crippen LogP contribution is -2.15. The lowest BCUT2D eigenvalue weighted by Gasteiger charge is -2.17. The maximum atomic E-state index is 11.7. The molecule has 4 heteroatoms. The van der Waals surface area contributed by atoms with Gasteiger partial charge in [0.2, 0.25) is 0 Å². The molecule has 1 atom stereocenters. The Hall–Kier alpha value is -1.81. The molecule has 2 rings (SSSR count). The van der Waals surface area contributed by atoms with Crippen molar-refractivity contribution in [1.29, 1.82) is 0 Å². The van der Waals surface area contributed by atoms with Crippen molar-refractivity contribution in [2.75, 3.05) is 6.61 Å². The maximum Gasteiger partial charge on any atom is 0.311 e. The van der Waals surface area contributed by atoms with Crippen molar-refractivity contribution in [3.8, 4) is 5.75 Å². The average molecular weight is 391 g/mol. The van der Waals surface area contributed by atoms with E-state index in [1.807, 2.05) is 48.5 Å². The molecule has 3 nitrogen and oxygen atoms in total. The number of hydrogen-bond acceptors (Lipinski definition) is 2. The molecule has 1 unspecified atom stereocenters. The van der Waals surface area contributed by atoms with Gasteiger partial charge in [-0.3, -0.25) is 4.79 Å². The Labute approximate surface area is 151 Å². The fraction of sp³-hybridized carbons (Fsp3) is 0.350. The fourth-order valence-electron chi connectivity index (χ4n) is 2.64. The minimum absolute atomic E-state index is 0.405. The van der Waals surface area contributed by atoms with E-state index in [2.05, 4.69) is 22.9 Å². The molecule has 1 N–H and O–H groups in total. The topological polar surface area (TPSA) is 46.5 Å². The number of benzene rings is 2. The molecule has 0 fully saturated rings. The van der Waals surface area contributed by atoms with Crippen LogP contribution in [0.2, 0.25) is 0 Å². The van der Waals surface area contributed by atoms with E-state index in [1.165, 1.54) is 0 Å². The molecule has 24 heavy (non-hydrogen) atoms. The van der Waals surface area contributed by atoms with Gasteiger partial charge in [0, 0.05) is 4.47 Å². The molecule has 0 amide bonds. The normalized spacial score (nSPS) is 11.9. The van der Waals surface area contributed by atoms with Gasteiger partial charge in [0.05, 0.1) is 12.5 Å². The second kappa shape index (κ2) is 9.48. The highest BCUT2D eigenvalue weighted by atomic mass is 79.9. The first-order chi connectivity index (χ1) is 11.6. The third-order valence-corrected chi connectivity index (χ3v) is 4.45. The summed E-state index contributed by atoms with van der Waals surface area (Å²) < 4.78 is 6.82. The summed E-state index contributed by atoms with van der Waals surface area (Å²) in [6.45, 7) is 2.81. The summed E-state index contributed by atoms with van der Waals surface area (Å²) in [7, 11) is 0. The highest BCUT2D eigenvalue weighted by Gasteiger charge is 2.22. The standard InChI is InChI=1S/C20H23BrO3/c1-2-3-7-12-24-19-11-10-17(21)13-16(19)14-18(20(22)23)15-8-5-4-6-9-15/h4-6,8-11,13,18H,2-3,7,12,14H2,1H3,(H,22,23). The van der Waals surface area contributed by atoms with Crippen LogP contribution in [0.25, 0.3) is 0 Å². The van der Waals surface area contributed by atoms with E-state index in [9.17, 15) is 9.90 Å². The summed E-state index contributed by atoms with van der Waals surface area (Å²) in [6, 6.07) is 15.1. The van der Waals surface area contributed by atoms with Gasteiger partial charge in [0.25, 0.3) is 0 Å². The Morgan fingerprint density at radius 2 is 1.92 bits per heavy atom. The Balaban J connectivity index is 2.19. The summed E-state index contributed by atoms with van der Waals surface area (Å²) in [4.78, 5) is 11.7. The van der Waals surface area contributed by atoms with Crippen LogP contribution in [-0.2, 0) is 11.2 Å². The van der Waals surface area contributed by atoms with Crippen molar-refractivity contribution >= 4 is 21.9 Å². The summed E-state index contributed by atoms with van der Waals surface area (Å²) in [6.07, 6.45) is 3.69. The van der Waals surface area contributed by atoms with Gasteiger partial charge < -0.3 is 9.84 Å². The summed E-state index contributed by atoms with van der Waals surface area (Å²) in [5, 5.41) is 9.64. The molecule has 0 aliphatic heterocycles. The third-order valence-electron chi connectivity index (χ3n) is 3.95. The Morgan fingerprint density at radius 1 is 1.17 bits per heavy atom. The third kappa shape index (κ3) is 5.38. The van der Waals surface area contributed by atoms with Crippen molar-refractivity contribution in [3.63, 3.8) is 0 Å². The molecule has 0 aromatic heterocycles. The zero-order chi connectivity index (χ0) is 17.4. The zero-order valence-electron chi connectivity index (χ0n) is 13.9. The first kappa shape index (κ1) is 18.5. The van der Waals surface area contributed by atoms with E-state index < -0.39 is 11.9 Å². The number of hydrogen-bond donors (Lipinski definition) is 1. The molecular weight excluding hydrogens is 368 g/mol. The second-order valence-corrected chi connectivity index (χ2v) is 6.73. The van der Waals surface area contributed by atoms with Gasteiger partial charge in [-0.2, -0.15) is 0 Å². The number of aliphatic carboxylic acids is 1. The number of carbonyl (C=O) groups is 1. The maximum absolute atomic E-state index is 11.7. The highest BCUT2D eigenvalue weighted by Crippen LogP contribution is 2.29. The van der Waals surface area contributed by atoms with Crippen molar-refractivity contribution in [1.82, 2.24) is 0 Å². The molecule has 0 aliphatic carbocycles. The molecule has 0 aliphatic rings. The van der Waals surface area contributed by atoms with Crippen LogP contribution >= 0.6 is 15.9 Å². The predicted octanol–water partition coefficient (Wildman–Crippen LogP) is 5.43. The van der Waals surface area contributed by atoms with Crippen LogP contribution in [0, 0.1) is 0 Å². The van der Waals surface area contributed by atoms with Gasteiger partial charge in [-0.05, 0) is 42.2 Å². The molecule has 0 saturated heterocycles. The highest BCUT2D eigenvalue weighted by molar-refractivity contribution is 9.10. The van der Waals surface area contributed by atoms with E-state index in [1.54, 1.807) is 0 Å². The van der Waals surface area contributed by atoms with Crippen LogP contribution in [0.15, 0.2) is 53.0 Å². The van der Waals surface area contributed by atoms with Crippen LogP contribution in [0.1, 0.15) is 43.2 Å². The van der Waals surface area contributed by atoms with Gasteiger partial charge in [-0.15, -0.1) is 0 Å². The quantitative estimate of drug-likeness (QED) is 0.580. The van der Waals surface area contributed by atoms with Gasteiger partial charge in [-0.1, -0.05) is 66.0 Å². The molecule has 0 heterocycles. The van der Waals surface area contributed by atoms with Crippen molar-refractivity contribution < 1.29 is 14.6 Å². The van der Waals surface area contributed by atoms with Crippen LogP contribution < -0.4 is 4.74 Å². The van der Waals surface area contributed by atoms with Crippen LogP contribution in [-0.4, -0.2) is 17.7 Å². The van der Waals surface area contributed by atoms with Gasteiger partial charge >= 0.3 is 5.97 Å². The van der Waals surface area contributed by atoms with Crippen molar-refractivity contribution in [3.05, 3.63) is 64.1 Å². The van der Waals surface area contributed by atoms with E-state index in [0.717, 1.165) is 40.6 Å². The molecule has 0 spiro atoms. The molecule has 2 aromatic carbocycles. The van der Waals surface area contributed by atoms with Crippen LogP contribution in [0.5, 0.6) is 5.75 Å². The van der Waals surface area contributed by atoms with E-state index in [4.69, 9.17) is 4.74 Å². The van der Waals surface area contributed by atoms with Crippen molar-refractivity contribution in [2.24, 2.45) is 0 Å². The van der Waals surface area contributed by atoms with E-state index in [-0.39, 0.29) is 0 Å². The lowest BCUT2D eigenvalue weighted by molar-refractivity contribution is -0.138. The average Bonchev–Trinajstić information content (AvgIpc) is 2.58. The largest absolute Gasteiger partial charge is 0.493 e. The smallest absolute Gasteiger partial charge is 0.311 e. The molecule has 0 saturated carbocycles. The van der Waals surface area contributed by atoms with Crippen molar-refractivity contribution in [2.45, 2.75) is 38.5 Å². The molecule has 0 bridgehead atoms. The SMILES string of the molecule is CCCCCOc1ccc(Br)cc1CC(C(=O)O)c1ccccc1.